The van der Waals surface area contributed by atoms with E-state index < -0.39 is 10.0 Å². The molecule has 1 atom stereocenters. The highest BCUT2D eigenvalue weighted by molar-refractivity contribution is 7.89. The third-order valence-electron chi connectivity index (χ3n) is 3.14. The lowest BCUT2D eigenvalue weighted by Crippen LogP contribution is -2.36. The molecule has 1 heterocycles. The third kappa shape index (κ3) is 3.31. The van der Waals surface area contributed by atoms with Gasteiger partial charge in [0.1, 0.15) is 6.23 Å². The van der Waals surface area contributed by atoms with Gasteiger partial charge in [-0.2, -0.15) is 4.31 Å². The molecule has 1 aromatic carbocycles. The van der Waals surface area contributed by atoms with Crippen LogP contribution in [0.5, 0.6) is 0 Å². The van der Waals surface area contributed by atoms with Gasteiger partial charge in [0, 0.05) is 6.54 Å². The average Bonchev–Trinajstić information content (AvgIpc) is 2.77. The quantitative estimate of drug-likeness (QED) is 0.816. The number of hydrogen-bond acceptors (Lipinski definition) is 3. The number of hydrogen-bond donors (Lipinski definition) is 0. The fraction of sp³-hybridized carbons (Fsp3) is 0.538. The first-order chi connectivity index (χ1) is 8.59. The Morgan fingerprint density at radius 1 is 1.33 bits per heavy atom. The monoisotopic (exact) mass is 269 g/mol. The van der Waals surface area contributed by atoms with Crippen LogP contribution in [0.4, 0.5) is 0 Å². The summed E-state index contributed by atoms with van der Waals surface area (Å²) in [6, 6.07) is 9.95. The molecule has 1 unspecified atom stereocenters. The molecule has 1 aliphatic rings. The lowest BCUT2D eigenvalue weighted by Gasteiger charge is -2.19. The predicted octanol–water partition coefficient (Wildman–Crippen LogP) is 1.63. The third-order valence-corrected chi connectivity index (χ3v) is 5.14. The van der Waals surface area contributed by atoms with Gasteiger partial charge in [-0.05, 0) is 25.3 Å². The van der Waals surface area contributed by atoms with Gasteiger partial charge in [0.25, 0.3) is 0 Å². The first-order valence-electron chi connectivity index (χ1n) is 6.24. The van der Waals surface area contributed by atoms with E-state index in [1.807, 2.05) is 30.3 Å². The zero-order valence-electron chi connectivity index (χ0n) is 10.6. The maximum Gasteiger partial charge on any atom is 0.216 e. The summed E-state index contributed by atoms with van der Waals surface area (Å²) in [4.78, 5) is 0. The molecule has 18 heavy (non-hydrogen) atoms. The SMILES string of the molecule is CC1OCCN1S(=O)(=O)CCCc1ccccc1. The number of ether oxygens (including phenoxy) is 1. The Balaban J connectivity index is 1.86. The molecule has 0 aliphatic carbocycles. The van der Waals surface area contributed by atoms with Crippen LogP contribution in [0.3, 0.4) is 0 Å². The molecular weight excluding hydrogens is 250 g/mol. The molecule has 2 rings (SSSR count). The summed E-state index contributed by atoms with van der Waals surface area (Å²) < 4.78 is 30.9. The van der Waals surface area contributed by atoms with Crippen molar-refractivity contribution in [1.29, 1.82) is 0 Å². The molecule has 4 nitrogen and oxygen atoms in total. The molecule has 0 radical (unpaired) electrons. The van der Waals surface area contributed by atoms with Gasteiger partial charge < -0.3 is 4.74 Å². The van der Waals surface area contributed by atoms with Crippen LogP contribution in [0.15, 0.2) is 30.3 Å². The Hall–Kier alpha value is -0.910. The first-order valence-corrected chi connectivity index (χ1v) is 7.85. The van der Waals surface area contributed by atoms with E-state index in [0.717, 1.165) is 6.42 Å². The fourth-order valence-electron chi connectivity index (χ4n) is 2.16. The van der Waals surface area contributed by atoms with Crippen molar-refractivity contribution in [3.05, 3.63) is 35.9 Å². The second-order valence-corrected chi connectivity index (χ2v) is 6.53. The van der Waals surface area contributed by atoms with Crippen molar-refractivity contribution in [3.63, 3.8) is 0 Å². The highest BCUT2D eigenvalue weighted by atomic mass is 32.2. The summed E-state index contributed by atoms with van der Waals surface area (Å²) in [5, 5.41) is 0. The molecule has 1 fully saturated rings. The minimum Gasteiger partial charge on any atom is -0.361 e. The van der Waals surface area contributed by atoms with Crippen molar-refractivity contribution in [1.82, 2.24) is 4.31 Å². The molecule has 0 bridgehead atoms. The summed E-state index contributed by atoms with van der Waals surface area (Å²) in [5.41, 5.74) is 1.18. The molecule has 0 N–H and O–H groups in total. The number of nitrogens with zero attached hydrogens (tertiary/aromatic N) is 1. The largest absolute Gasteiger partial charge is 0.361 e. The van der Waals surface area contributed by atoms with Crippen molar-refractivity contribution in [2.75, 3.05) is 18.9 Å². The van der Waals surface area contributed by atoms with Gasteiger partial charge >= 0.3 is 0 Å². The first kappa shape index (κ1) is 13.5. The van der Waals surface area contributed by atoms with Crippen molar-refractivity contribution < 1.29 is 13.2 Å². The lowest BCUT2D eigenvalue weighted by molar-refractivity contribution is 0.0846. The van der Waals surface area contributed by atoms with Crippen LogP contribution >= 0.6 is 0 Å². The van der Waals surface area contributed by atoms with E-state index in [1.54, 1.807) is 6.92 Å². The molecule has 5 heteroatoms. The van der Waals surface area contributed by atoms with E-state index >= 15 is 0 Å². The predicted molar refractivity (Wildman–Crippen MR) is 70.7 cm³/mol. The van der Waals surface area contributed by atoms with Gasteiger partial charge in [-0.1, -0.05) is 30.3 Å². The summed E-state index contributed by atoms with van der Waals surface area (Å²) in [5.74, 6) is 0.190. The van der Waals surface area contributed by atoms with Crippen LogP contribution in [0.1, 0.15) is 18.9 Å². The molecule has 1 aromatic rings. The topological polar surface area (TPSA) is 46.6 Å². The molecule has 0 spiro atoms. The van der Waals surface area contributed by atoms with E-state index in [9.17, 15) is 8.42 Å². The fourth-order valence-corrected chi connectivity index (χ4v) is 3.77. The van der Waals surface area contributed by atoms with Crippen molar-refractivity contribution in [2.24, 2.45) is 0 Å². The van der Waals surface area contributed by atoms with E-state index in [0.29, 0.717) is 19.6 Å². The second kappa shape index (κ2) is 5.82. The zero-order valence-corrected chi connectivity index (χ0v) is 11.4. The minimum atomic E-state index is -3.17. The summed E-state index contributed by atoms with van der Waals surface area (Å²) in [6.45, 7) is 2.76. The molecule has 0 amide bonds. The van der Waals surface area contributed by atoms with Crippen LogP contribution in [0.2, 0.25) is 0 Å². The molecule has 0 aromatic heterocycles. The van der Waals surface area contributed by atoms with Gasteiger partial charge in [0.05, 0.1) is 12.4 Å². The van der Waals surface area contributed by atoms with Gasteiger partial charge in [0.2, 0.25) is 10.0 Å². The van der Waals surface area contributed by atoms with E-state index in [1.165, 1.54) is 9.87 Å². The van der Waals surface area contributed by atoms with E-state index in [2.05, 4.69) is 0 Å². The highest BCUT2D eigenvalue weighted by Crippen LogP contribution is 2.16. The van der Waals surface area contributed by atoms with Gasteiger partial charge in [0.15, 0.2) is 0 Å². The smallest absolute Gasteiger partial charge is 0.216 e. The van der Waals surface area contributed by atoms with Gasteiger partial charge in [-0.3, -0.25) is 0 Å². The highest BCUT2D eigenvalue weighted by Gasteiger charge is 2.31. The van der Waals surface area contributed by atoms with Crippen LogP contribution in [-0.2, 0) is 21.2 Å². The zero-order chi connectivity index (χ0) is 13.0. The maximum absolute atomic E-state index is 12.1. The Kier molecular flexibility index (Phi) is 4.37. The van der Waals surface area contributed by atoms with Crippen molar-refractivity contribution >= 4 is 10.0 Å². The Labute approximate surface area is 109 Å². The van der Waals surface area contributed by atoms with Crippen LogP contribution in [0, 0.1) is 0 Å². The number of rotatable bonds is 5. The summed E-state index contributed by atoms with van der Waals surface area (Å²) in [7, 11) is -3.17. The van der Waals surface area contributed by atoms with Gasteiger partial charge in [-0.15, -0.1) is 0 Å². The van der Waals surface area contributed by atoms with Crippen LogP contribution in [0.25, 0.3) is 0 Å². The number of benzene rings is 1. The van der Waals surface area contributed by atoms with Crippen LogP contribution < -0.4 is 0 Å². The maximum atomic E-state index is 12.1. The van der Waals surface area contributed by atoms with E-state index in [-0.39, 0.29) is 12.0 Å². The second-order valence-electron chi connectivity index (χ2n) is 4.49. The summed E-state index contributed by atoms with van der Waals surface area (Å²) >= 11 is 0. The molecule has 100 valence electrons. The normalized spacial score (nSPS) is 21.3. The number of aryl methyl sites for hydroxylation is 1. The van der Waals surface area contributed by atoms with Crippen molar-refractivity contribution in [2.45, 2.75) is 26.0 Å². The Bertz CT molecular complexity index is 472. The lowest BCUT2D eigenvalue weighted by atomic mass is 10.1. The summed E-state index contributed by atoms with van der Waals surface area (Å²) in [6.07, 6.45) is 1.13. The van der Waals surface area contributed by atoms with E-state index in [4.69, 9.17) is 4.74 Å². The average molecular weight is 269 g/mol. The Morgan fingerprint density at radius 2 is 2.06 bits per heavy atom. The molecule has 0 saturated carbocycles. The number of sulfonamides is 1. The molecule has 1 saturated heterocycles. The van der Waals surface area contributed by atoms with Crippen LogP contribution in [-0.4, -0.2) is 37.9 Å². The molecular formula is C13H19NO3S. The Morgan fingerprint density at radius 3 is 2.67 bits per heavy atom. The minimum absolute atomic E-state index is 0.190. The van der Waals surface area contributed by atoms with Gasteiger partial charge in [-0.25, -0.2) is 8.42 Å². The van der Waals surface area contributed by atoms with Crippen molar-refractivity contribution in [3.8, 4) is 0 Å². The molecule has 1 aliphatic heterocycles. The standard InChI is InChI=1S/C13H19NO3S/c1-12-14(9-10-17-12)18(15,16)11-5-8-13-6-3-2-4-7-13/h2-4,6-7,12H,5,8-11H2,1H3.